The minimum Gasteiger partial charge on any atom is -0.373 e. The topological polar surface area (TPSA) is 82.2 Å². The molecule has 1 N–H and O–H groups in total. The number of anilines is 1. The molecule has 2 heterocycles. The lowest BCUT2D eigenvalue weighted by Crippen LogP contribution is -2.46. The Bertz CT molecular complexity index is 1070. The van der Waals surface area contributed by atoms with Gasteiger partial charge in [-0.25, -0.2) is 8.42 Å². The third kappa shape index (κ3) is 6.03. The molecule has 0 radical (unpaired) electrons. The van der Waals surface area contributed by atoms with Crippen molar-refractivity contribution < 1.29 is 17.9 Å². The summed E-state index contributed by atoms with van der Waals surface area (Å²) >= 11 is 0. The molecule has 34 heavy (non-hydrogen) atoms. The van der Waals surface area contributed by atoms with Crippen LogP contribution >= 0.6 is 0 Å². The Labute approximate surface area is 202 Å². The molecular weight excluding hydrogens is 452 g/mol. The summed E-state index contributed by atoms with van der Waals surface area (Å²) in [6, 6.07) is 14.0. The molecule has 0 spiro atoms. The Morgan fingerprint density at radius 1 is 0.941 bits per heavy atom. The quantitative estimate of drug-likeness (QED) is 0.676. The fraction of sp³-hybridized carbons (Fsp3) is 0.480. The molecule has 2 atom stereocenters. The van der Waals surface area contributed by atoms with Gasteiger partial charge in [0.05, 0.1) is 17.1 Å². The van der Waals surface area contributed by atoms with E-state index in [4.69, 9.17) is 4.74 Å². The van der Waals surface area contributed by atoms with Gasteiger partial charge in [-0.2, -0.15) is 4.31 Å². The largest absolute Gasteiger partial charge is 0.373 e. The van der Waals surface area contributed by atoms with Crippen molar-refractivity contribution in [3.63, 3.8) is 0 Å². The van der Waals surface area contributed by atoms with Gasteiger partial charge in [0.15, 0.2) is 0 Å². The van der Waals surface area contributed by atoms with E-state index < -0.39 is 10.0 Å². The van der Waals surface area contributed by atoms with E-state index in [1.807, 2.05) is 31.3 Å². The maximum atomic E-state index is 12.9. The minimum atomic E-state index is -3.52. The zero-order chi connectivity index (χ0) is 24.3. The van der Waals surface area contributed by atoms with Crippen molar-refractivity contribution in [3.05, 3.63) is 59.7 Å². The molecule has 2 aliphatic rings. The van der Waals surface area contributed by atoms with Crippen molar-refractivity contribution in [2.24, 2.45) is 0 Å². The Hall–Kier alpha value is -2.30. The normalized spacial score (nSPS) is 23.0. The molecule has 2 aliphatic heterocycles. The van der Waals surface area contributed by atoms with Crippen molar-refractivity contribution >= 4 is 21.6 Å². The number of piperazine rings is 1. The van der Waals surface area contributed by atoms with Crippen molar-refractivity contribution in [3.8, 4) is 0 Å². The number of sulfonamides is 1. The number of carbonyl (C=O) groups is 1. The van der Waals surface area contributed by atoms with Crippen LogP contribution < -0.4 is 5.32 Å². The van der Waals surface area contributed by atoms with Crippen LogP contribution in [0.25, 0.3) is 0 Å². The summed E-state index contributed by atoms with van der Waals surface area (Å²) < 4.78 is 33.0. The Kier molecular flexibility index (Phi) is 7.69. The van der Waals surface area contributed by atoms with Crippen molar-refractivity contribution in [2.45, 2.75) is 37.5 Å². The second-order valence-corrected chi connectivity index (χ2v) is 11.3. The van der Waals surface area contributed by atoms with Crippen molar-refractivity contribution in [1.82, 2.24) is 14.1 Å². The molecule has 2 unspecified atom stereocenters. The van der Waals surface area contributed by atoms with Gasteiger partial charge in [-0.3, -0.25) is 9.69 Å². The molecule has 2 fully saturated rings. The Morgan fingerprint density at radius 2 is 1.53 bits per heavy atom. The number of hydrogen-bond acceptors (Lipinski definition) is 6. The average molecular weight is 487 g/mol. The number of ether oxygens (including phenoxy) is 1. The fourth-order valence-corrected chi connectivity index (χ4v) is 5.95. The summed E-state index contributed by atoms with van der Waals surface area (Å²) in [5, 5.41) is 2.85. The molecule has 9 heteroatoms. The predicted molar refractivity (Wildman–Crippen MR) is 132 cm³/mol. The molecule has 0 saturated carbocycles. The Balaban J connectivity index is 1.34. The van der Waals surface area contributed by atoms with Gasteiger partial charge < -0.3 is 15.0 Å². The van der Waals surface area contributed by atoms with Gasteiger partial charge in [-0.15, -0.1) is 0 Å². The van der Waals surface area contributed by atoms with E-state index in [0.29, 0.717) is 24.3 Å². The summed E-state index contributed by atoms with van der Waals surface area (Å²) in [6.07, 6.45) is 0.438. The van der Waals surface area contributed by atoms with Crippen molar-refractivity contribution in [2.75, 3.05) is 51.6 Å². The summed E-state index contributed by atoms with van der Waals surface area (Å²) in [7, 11) is -1.54. The van der Waals surface area contributed by atoms with E-state index in [1.54, 1.807) is 24.3 Å². The van der Waals surface area contributed by atoms with Gasteiger partial charge in [-0.05, 0) is 62.9 Å². The number of nitrogens with zero attached hydrogens (tertiary/aromatic N) is 3. The molecule has 0 aromatic heterocycles. The van der Waals surface area contributed by atoms with Crippen LogP contribution in [0.15, 0.2) is 53.4 Å². The molecule has 2 aromatic rings. The maximum absolute atomic E-state index is 12.9. The lowest BCUT2D eigenvalue weighted by Gasteiger charge is -2.35. The number of nitrogens with one attached hydrogen (secondary N) is 1. The number of amides is 1. The second-order valence-electron chi connectivity index (χ2n) is 9.33. The van der Waals surface area contributed by atoms with Gasteiger partial charge in [0.25, 0.3) is 5.91 Å². The molecular formula is C25H34N4O4S. The standard InChI is InChI=1S/C25H34N4O4S/c1-19-16-28(17-20(2)33-19)18-21-4-6-22(7-5-21)25(30)26-23-8-10-24(11-9-23)34(31,32)29-14-12-27(3)13-15-29/h4-11,19-20H,12-18H2,1-3H3,(H,26,30). The van der Waals surface area contributed by atoms with Crippen LogP contribution in [0.5, 0.6) is 0 Å². The second kappa shape index (κ2) is 10.5. The molecule has 2 saturated heterocycles. The first-order valence-corrected chi connectivity index (χ1v) is 13.2. The monoisotopic (exact) mass is 486 g/mol. The predicted octanol–water partition coefficient (Wildman–Crippen LogP) is 2.48. The van der Waals surface area contributed by atoms with Crippen LogP contribution in [0.3, 0.4) is 0 Å². The molecule has 4 rings (SSSR count). The van der Waals surface area contributed by atoms with Gasteiger partial charge in [-0.1, -0.05) is 12.1 Å². The molecule has 0 bridgehead atoms. The fourth-order valence-electron chi connectivity index (χ4n) is 4.52. The number of hydrogen-bond donors (Lipinski definition) is 1. The van der Waals surface area contributed by atoms with E-state index in [0.717, 1.165) is 38.3 Å². The maximum Gasteiger partial charge on any atom is 0.255 e. The molecule has 0 aliphatic carbocycles. The molecule has 184 valence electrons. The summed E-state index contributed by atoms with van der Waals surface area (Å²) in [6.45, 7) is 9.19. The van der Waals surface area contributed by atoms with E-state index in [9.17, 15) is 13.2 Å². The third-order valence-corrected chi connectivity index (χ3v) is 8.24. The molecule has 2 aromatic carbocycles. The number of likely N-dealkylation sites (N-methyl/N-ethyl adjacent to an activating group) is 1. The van der Waals surface area contributed by atoms with E-state index in [-0.39, 0.29) is 23.0 Å². The highest BCUT2D eigenvalue weighted by Gasteiger charge is 2.27. The van der Waals surface area contributed by atoms with E-state index >= 15 is 0 Å². The first-order valence-electron chi connectivity index (χ1n) is 11.8. The van der Waals surface area contributed by atoms with E-state index in [1.165, 1.54) is 4.31 Å². The number of morpholine rings is 1. The zero-order valence-corrected chi connectivity index (χ0v) is 20.9. The highest BCUT2D eigenvalue weighted by Crippen LogP contribution is 2.20. The summed E-state index contributed by atoms with van der Waals surface area (Å²) in [5.74, 6) is -0.227. The van der Waals surface area contributed by atoms with Crippen LogP contribution in [0.2, 0.25) is 0 Å². The lowest BCUT2D eigenvalue weighted by atomic mass is 10.1. The highest BCUT2D eigenvalue weighted by molar-refractivity contribution is 7.89. The SMILES string of the molecule is CC1CN(Cc2ccc(C(=O)Nc3ccc(S(=O)(=O)N4CCN(C)CC4)cc3)cc2)CC(C)O1. The van der Waals surface area contributed by atoms with Gasteiger partial charge in [0, 0.05) is 57.1 Å². The van der Waals surface area contributed by atoms with Crippen LogP contribution in [0, 0.1) is 0 Å². The van der Waals surface area contributed by atoms with Crippen LogP contribution in [0.4, 0.5) is 5.69 Å². The first-order chi connectivity index (χ1) is 16.2. The lowest BCUT2D eigenvalue weighted by molar-refractivity contribution is -0.0704. The first kappa shape index (κ1) is 24.8. The molecule has 8 nitrogen and oxygen atoms in total. The van der Waals surface area contributed by atoms with Gasteiger partial charge in [0.2, 0.25) is 10.0 Å². The minimum absolute atomic E-state index is 0.219. The van der Waals surface area contributed by atoms with Crippen LogP contribution in [-0.2, 0) is 21.3 Å². The van der Waals surface area contributed by atoms with Crippen molar-refractivity contribution in [1.29, 1.82) is 0 Å². The zero-order valence-electron chi connectivity index (χ0n) is 20.1. The smallest absolute Gasteiger partial charge is 0.255 e. The van der Waals surface area contributed by atoms with Crippen LogP contribution in [0.1, 0.15) is 29.8 Å². The van der Waals surface area contributed by atoms with Gasteiger partial charge in [0.1, 0.15) is 0 Å². The average Bonchev–Trinajstić information content (AvgIpc) is 2.79. The number of rotatable bonds is 6. The highest BCUT2D eigenvalue weighted by atomic mass is 32.2. The summed E-state index contributed by atoms with van der Waals surface area (Å²) in [4.78, 5) is 17.4. The summed E-state index contributed by atoms with van der Waals surface area (Å²) in [5.41, 5.74) is 2.26. The number of carbonyl (C=O) groups excluding carboxylic acids is 1. The van der Waals surface area contributed by atoms with E-state index in [2.05, 4.69) is 29.0 Å². The van der Waals surface area contributed by atoms with Gasteiger partial charge >= 0.3 is 0 Å². The number of benzene rings is 2. The third-order valence-electron chi connectivity index (χ3n) is 6.33. The van der Waals surface area contributed by atoms with Crippen LogP contribution in [-0.4, -0.2) is 87.0 Å². The Morgan fingerprint density at radius 3 is 2.12 bits per heavy atom. The molecule has 1 amide bonds.